The number of benzene rings is 1. The van der Waals surface area contributed by atoms with Gasteiger partial charge in [0.1, 0.15) is 12.2 Å². The van der Waals surface area contributed by atoms with E-state index in [4.69, 9.17) is 20.3 Å². The summed E-state index contributed by atoms with van der Waals surface area (Å²) in [5, 5.41) is 0. The highest BCUT2D eigenvalue weighted by atomic mass is 31.2. The maximum absolute atomic E-state index is 11.9. The van der Waals surface area contributed by atoms with Gasteiger partial charge in [-0.25, -0.2) is 4.79 Å². The molecule has 1 atom stereocenters. The van der Waals surface area contributed by atoms with Crippen molar-refractivity contribution in [1.82, 2.24) is 9.55 Å². The molecule has 1 aromatic carbocycles. The molecule has 0 radical (unpaired) electrons. The summed E-state index contributed by atoms with van der Waals surface area (Å²) in [6.07, 6.45) is 0.295. The number of anilines is 1. The van der Waals surface area contributed by atoms with Crippen LogP contribution >= 0.6 is 7.60 Å². The zero-order valence-electron chi connectivity index (χ0n) is 12.5. The summed E-state index contributed by atoms with van der Waals surface area (Å²) in [5.41, 5.74) is 6.68. The molecule has 0 amide bonds. The third kappa shape index (κ3) is 5.01. The lowest BCUT2D eigenvalue weighted by Crippen LogP contribution is -2.29. The zero-order chi connectivity index (χ0) is 17.0. The second kappa shape index (κ2) is 7.06. The van der Waals surface area contributed by atoms with Crippen LogP contribution in [0.3, 0.4) is 0 Å². The molecule has 0 fully saturated rings. The minimum atomic E-state index is -4.25. The van der Waals surface area contributed by atoms with Gasteiger partial charge in [0, 0.05) is 11.8 Å². The van der Waals surface area contributed by atoms with E-state index in [1.807, 2.05) is 30.3 Å². The molecule has 124 valence electrons. The van der Waals surface area contributed by atoms with Crippen LogP contribution in [0.4, 0.5) is 5.82 Å². The maximum atomic E-state index is 11.9. The highest BCUT2D eigenvalue weighted by Gasteiger charge is 2.16. The molecule has 9 heteroatoms. The second-order valence-corrected chi connectivity index (χ2v) is 6.70. The summed E-state index contributed by atoms with van der Waals surface area (Å²) in [7, 11) is -4.25. The Balaban J connectivity index is 2.23. The van der Waals surface area contributed by atoms with E-state index < -0.39 is 25.7 Å². The first-order valence-electron chi connectivity index (χ1n) is 6.85. The summed E-state index contributed by atoms with van der Waals surface area (Å²) in [4.78, 5) is 33.3. The molecule has 0 aliphatic carbocycles. The summed E-state index contributed by atoms with van der Waals surface area (Å²) in [5.74, 6) is 0.126. The van der Waals surface area contributed by atoms with E-state index in [-0.39, 0.29) is 12.4 Å². The molecular weight excluding hydrogens is 321 g/mol. The van der Waals surface area contributed by atoms with Gasteiger partial charge in [-0.15, -0.1) is 0 Å². The molecule has 0 saturated heterocycles. The molecule has 1 heterocycles. The Kier molecular flexibility index (Phi) is 5.33. The van der Waals surface area contributed by atoms with E-state index in [1.54, 1.807) is 13.1 Å². The number of aromatic nitrogens is 2. The first-order valence-corrected chi connectivity index (χ1v) is 8.64. The van der Waals surface area contributed by atoms with Crippen LogP contribution in [0.25, 0.3) is 11.1 Å². The average molecular weight is 339 g/mol. The highest BCUT2D eigenvalue weighted by Crippen LogP contribution is 2.34. The van der Waals surface area contributed by atoms with E-state index in [1.165, 1.54) is 4.57 Å². The fourth-order valence-corrected chi connectivity index (χ4v) is 2.48. The number of hydrogen-bond donors (Lipinski definition) is 3. The van der Waals surface area contributed by atoms with E-state index in [0.29, 0.717) is 5.56 Å². The Hall–Kier alpha value is -1.99. The number of rotatable bonds is 6. The normalized spacial score (nSPS) is 13.0. The van der Waals surface area contributed by atoms with Crippen molar-refractivity contribution in [3.63, 3.8) is 0 Å². The van der Waals surface area contributed by atoms with E-state index >= 15 is 0 Å². The topological polar surface area (TPSA) is 128 Å². The monoisotopic (exact) mass is 339 g/mol. The van der Waals surface area contributed by atoms with E-state index in [9.17, 15) is 9.36 Å². The molecule has 0 aliphatic heterocycles. The molecule has 0 bridgehead atoms. The summed E-state index contributed by atoms with van der Waals surface area (Å²) in [6.45, 7) is 1.71. The van der Waals surface area contributed by atoms with Crippen molar-refractivity contribution in [3.8, 4) is 11.1 Å². The van der Waals surface area contributed by atoms with Gasteiger partial charge in [0.05, 0.1) is 12.6 Å². The SMILES string of the molecule is C[C@H](Cn1cc(-c2ccccc2)c(N)nc1=O)OCP(=O)(O)O. The van der Waals surface area contributed by atoms with Gasteiger partial charge in [0.15, 0.2) is 0 Å². The van der Waals surface area contributed by atoms with Crippen LogP contribution in [-0.2, 0) is 15.8 Å². The van der Waals surface area contributed by atoms with E-state index in [2.05, 4.69) is 4.98 Å². The van der Waals surface area contributed by atoms with Gasteiger partial charge in [-0.1, -0.05) is 30.3 Å². The predicted molar refractivity (Wildman–Crippen MR) is 85.8 cm³/mol. The van der Waals surface area contributed by atoms with Crippen molar-refractivity contribution in [2.75, 3.05) is 12.1 Å². The van der Waals surface area contributed by atoms with Crippen molar-refractivity contribution < 1.29 is 19.1 Å². The van der Waals surface area contributed by atoms with Gasteiger partial charge >= 0.3 is 13.3 Å². The Labute approximate surface area is 132 Å². The van der Waals surface area contributed by atoms with Crippen molar-refractivity contribution in [3.05, 3.63) is 47.0 Å². The van der Waals surface area contributed by atoms with Crippen LogP contribution in [-0.4, -0.2) is 31.8 Å². The summed E-state index contributed by atoms with van der Waals surface area (Å²) >= 11 is 0. The Morgan fingerprint density at radius 2 is 2.00 bits per heavy atom. The molecular formula is C14H18N3O5P. The zero-order valence-corrected chi connectivity index (χ0v) is 13.4. The second-order valence-electron chi connectivity index (χ2n) is 5.11. The Morgan fingerprint density at radius 3 is 2.61 bits per heavy atom. The quantitative estimate of drug-likeness (QED) is 0.671. The van der Waals surface area contributed by atoms with Crippen LogP contribution < -0.4 is 11.4 Å². The first kappa shape index (κ1) is 17.4. The minimum absolute atomic E-state index is 0.103. The van der Waals surface area contributed by atoms with Crippen molar-refractivity contribution in [2.45, 2.75) is 19.6 Å². The molecule has 0 aliphatic rings. The van der Waals surface area contributed by atoms with Gasteiger partial charge in [-0.2, -0.15) is 4.98 Å². The van der Waals surface area contributed by atoms with Gasteiger partial charge in [-0.05, 0) is 12.5 Å². The fourth-order valence-electron chi connectivity index (χ4n) is 2.03. The van der Waals surface area contributed by atoms with Crippen LogP contribution in [0.1, 0.15) is 6.92 Å². The molecule has 4 N–H and O–H groups in total. The van der Waals surface area contributed by atoms with Crippen molar-refractivity contribution >= 4 is 13.4 Å². The van der Waals surface area contributed by atoms with Gasteiger partial charge in [0.2, 0.25) is 0 Å². The molecule has 23 heavy (non-hydrogen) atoms. The summed E-state index contributed by atoms with van der Waals surface area (Å²) in [6, 6.07) is 9.24. The van der Waals surface area contributed by atoms with Crippen LogP contribution in [0, 0.1) is 0 Å². The molecule has 2 rings (SSSR count). The molecule has 1 aromatic heterocycles. The van der Waals surface area contributed by atoms with E-state index in [0.717, 1.165) is 5.56 Å². The lowest BCUT2D eigenvalue weighted by Gasteiger charge is -2.16. The number of ether oxygens (including phenoxy) is 1. The molecule has 0 unspecified atom stereocenters. The lowest BCUT2D eigenvalue weighted by molar-refractivity contribution is 0.0747. The number of hydrogen-bond acceptors (Lipinski definition) is 5. The van der Waals surface area contributed by atoms with Crippen LogP contribution in [0.2, 0.25) is 0 Å². The summed E-state index contributed by atoms with van der Waals surface area (Å²) < 4.78 is 17.2. The van der Waals surface area contributed by atoms with Crippen molar-refractivity contribution in [1.29, 1.82) is 0 Å². The standard InChI is InChI=1S/C14H18N3O5P/c1-10(22-9-23(19,20)21)7-17-8-12(13(15)16-14(17)18)11-5-3-2-4-6-11/h2-6,8,10H,7,9H2,1H3,(H2,15,16,18)(H2,19,20,21)/t10-/m1/s1. The van der Waals surface area contributed by atoms with Gasteiger partial charge in [0.25, 0.3) is 0 Å². The lowest BCUT2D eigenvalue weighted by atomic mass is 10.1. The van der Waals surface area contributed by atoms with Gasteiger partial charge < -0.3 is 20.3 Å². The molecule has 0 saturated carbocycles. The van der Waals surface area contributed by atoms with Crippen LogP contribution in [0.15, 0.2) is 41.3 Å². The average Bonchev–Trinajstić information content (AvgIpc) is 2.48. The largest absolute Gasteiger partial charge is 0.383 e. The third-order valence-electron chi connectivity index (χ3n) is 3.09. The fraction of sp³-hybridized carbons (Fsp3) is 0.286. The minimum Gasteiger partial charge on any atom is -0.383 e. The van der Waals surface area contributed by atoms with Crippen molar-refractivity contribution in [2.24, 2.45) is 0 Å². The molecule has 2 aromatic rings. The number of nitrogens with two attached hydrogens (primary N) is 1. The molecule has 8 nitrogen and oxygen atoms in total. The number of nitrogen functional groups attached to an aromatic ring is 1. The molecule has 0 spiro atoms. The number of nitrogens with zero attached hydrogens (tertiary/aromatic N) is 2. The Morgan fingerprint density at radius 1 is 1.35 bits per heavy atom. The highest BCUT2D eigenvalue weighted by molar-refractivity contribution is 7.51. The van der Waals surface area contributed by atoms with Crippen LogP contribution in [0.5, 0.6) is 0 Å². The Bertz CT molecular complexity index is 772. The third-order valence-corrected chi connectivity index (χ3v) is 3.57. The maximum Gasteiger partial charge on any atom is 0.350 e. The first-order chi connectivity index (χ1) is 10.8. The predicted octanol–water partition coefficient (Wildman–Crippen LogP) is 1.03. The smallest absolute Gasteiger partial charge is 0.350 e. The van der Waals surface area contributed by atoms with Gasteiger partial charge in [-0.3, -0.25) is 9.13 Å².